The first-order valence-electron chi connectivity index (χ1n) is 3.67. The van der Waals surface area contributed by atoms with Crippen LogP contribution in [0.15, 0.2) is 34.3 Å². The molecule has 0 aliphatic carbocycles. The normalized spacial score (nSPS) is 15.8. The fourth-order valence-corrected chi connectivity index (χ4v) is 1.12. The van der Waals surface area contributed by atoms with Crippen molar-refractivity contribution in [3.63, 3.8) is 0 Å². The molecule has 1 aromatic carbocycles. The van der Waals surface area contributed by atoms with Crippen molar-refractivity contribution in [3.8, 4) is 0 Å². The summed E-state index contributed by atoms with van der Waals surface area (Å²) < 4.78 is 12.7. The van der Waals surface area contributed by atoms with E-state index in [1.54, 1.807) is 18.5 Å². The Morgan fingerprint density at radius 3 is 2.58 bits per heavy atom. The van der Waals surface area contributed by atoms with Gasteiger partial charge in [-0.2, -0.15) is 0 Å². The van der Waals surface area contributed by atoms with Crippen LogP contribution in [0.5, 0.6) is 0 Å². The summed E-state index contributed by atoms with van der Waals surface area (Å²) in [4.78, 5) is 8.07. The van der Waals surface area contributed by atoms with Crippen LogP contribution in [0.2, 0.25) is 0 Å². The SMILES string of the molecule is Fc1cccc(C2N=CC=N2)c1. The number of rotatable bonds is 1. The van der Waals surface area contributed by atoms with Crippen molar-refractivity contribution in [1.29, 1.82) is 0 Å². The van der Waals surface area contributed by atoms with Gasteiger partial charge in [-0.05, 0) is 12.1 Å². The lowest BCUT2D eigenvalue weighted by Gasteiger charge is -2.02. The van der Waals surface area contributed by atoms with Gasteiger partial charge in [0, 0.05) is 18.0 Å². The second-order valence-corrected chi connectivity index (χ2v) is 2.52. The van der Waals surface area contributed by atoms with Crippen LogP contribution in [-0.2, 0) is 0 Å². The highest BCUT2D eigenvalue weighted by molar-refractivity contribution is 6.17. The molecule has 0 bridgehead atoms. The van der Waals surface area contributed by atoms with E-state index in [2.05, 4.69) is 9.98 Å². The smallest absolute Gasteiger partial charge is 0.165 e. The van der Waals surface area contributed by atoms with E-state index in [0.29, 0.717) is 0 Å². The first kappa shape index (κ1) is 7.16. The van der Waals surface area contributed by atoms with Crippen molar-refractivity contribution in [1.82, 2.24) is 0 Å². The Labute approximate surface area is 69.5 Å². The van der Waals surface area contributed by atoms with Crippen molar-refractivity contribution in [3.05, 3.63) is 35.6 Å². The Hall–Kier alpha value is -1.51. The molecule has 0 amide bonds. The van der Waals surface area contributed by atoms with Crippen molar-refractivity contribution in [2.75, 3.05) is 0 Å². The number of nitrogens with zero attached hydrogens (tertiary/aromatic N) is 2. The van der Waals surface area contributed by atoms with E-state index in [4.69, 9.17) is 0 Å². The van der Waals surface area contributed by atoms with E-state index in [1.165, 1.54) is 12.1 Å². The molecule has 0 spiro atoms. The van der Waals surface area contributed by atoms with Crippen molar-refractivity contribution >= 4 is 12.4 Å². The van der Waals surface area contributed by atoms with Crippen LogP contribution in [0.1, 0.15) is 11.7 Å². The molecule has 60 valence electrons. The number of halogens is 1. The van der Waals surface area contributed by atoms with Gasteiger partial charge in [0.1, 0.15) is 5.82 Å². The molecule has 0 atom stereocenters. The van der Waals surface area contributed by atoms with E-state index in [9.17, 15) is 4.39 Å². The van der Waals surface area contributed by atoms with Gasteiger partial charge in [-0.15, -0.1) is 0 Å². The minimum Gasteiger partial charge on any atom is -0.260 e. The molecule has 0 unspecified atom stereocenters. The first-order valence-corrected chi connectivity index (χ1v) is 3.67. The maximum Gasteiger partial charge on any atom is 0.165 e. The molecule has 0 aromatic heterocycles. The molecule has 3 heteroatoms. The lowest BCUT2D eigenvalue weighted by molar-refractivity contribution is 0.622. The van der Waals surface area contributed by atoms with Crippen LogP contribution in [-0.4, -0.2) is 12.4 Å². The predicted molar refractivity (Wildman–Crippen MR) is 46.1 cm³/mol. The van der Waals surface area contributed by atoms with Gasteiger partial charge in [-0.1, -0.05) is 12.1 Å². The third-order valence-electron chi connectivity index (χ3n) is 1.67. The Bertz CT molecular complexity index is 332. The van der Waals surface area contributed by atoms with Gasteiger partial charge >= 0.3 is 0 Å². The number of aliphatic imine (C=N–C) groups is 2. The molecule has 2 rings (SSSR count). The Morgan fingerprint density at radius 2 is 1.92 bits per heavy atom. The Morgan fingerprint density at radius 1 is 1.17 bits per heavy atom. The summed E-state index contributed by atoms with van der Waals surface area (Å²) in [6.07, 6.45) is 3.01. The molecular formula is C9H7FN2. The van der Waals surface area contributed by atoms with Gasteiger partial charge in [-0.3, -0.25) is 9.98 Å². The van der Waals surface area contributed by atoms with E-state index in [-0.39, 0.29) is 12.0 Å². The van der Waals surface area contributed by atoms with Gasteiger partial charge in [0.2, 0.25) is 0 Å². The topological polar surface area (TPSA) is 24.7 Å². The third-order valence-corrected chi connectivity index (χ3v) is 1.67. The second kappa shape index (κ2) is 2.85. The van der Waals surface area contributed by atoms with Crippen molar-refractivity contribution < 1.29 is 4.39 Å². The number of hydrogen-bond donors (Lipinski definition) is 0. The fourth-order valence-electron chi connectivity index (χ4n) is 1.12. The zero-order chi connectivity index (χ0) is 8.39. The maximum absolute atomic E-state index is 12.7. The highest BCUT2D eigenvalue weighted by Crippen LogP contribution is 2.20. The molecular weight excluding hydrogens is 155 g/mol. The minimum absolute atomic E-state index is 0.235. The summed E-state index contributed by atoms with van der Waals surface area (Å²) in [5.41, 5.74) is 0.792. The van der Waals surface area contributed by atoms with Gasteiger partial charge in [0.15, 0.2) is 6.17 Å². The Balaban J connectivity index is 2.34. The summed E-state index contributed by atoms with van der Waals surface area (Å²) >= 11 is 0. The fraction of sp³-hybridized carbons (Fsp3) is 0.111. The molecule has 0 fully saturated rings. The molecule has 0 saturated carbocycles. The van der Waals surface area contributed by atoms with E-state index < -0.39 is 0 Å². The highest BCUT2D eigenvalue weighted by Gasteiger charge is 2.08. The van der Waals surface area contributed by atoms with E-state index in [1.807, 2.05) is 6.07 Å². The van der Waals surface area contributed by atoms with Gasteiger partial charge in [-0.25, -0.2) is 4.39 Å². The molecule has 1 aromatic rings. The van der Waals surface area contributed by atoms with Crippen molar-refractivity contribution in [2.45, 2.75) is 6.17 Å². The van der Waals surface area contributed by atoms with Gasteiger partial charge in [0.05, 0.1) is 0 Å². The van der Waals surface area contributed by atoms with Crippen LogP contribution in [0, 0.1) is 5.82 Å². The van der Waals surface area contributed by atoms with Crippen LogP contribution >= 0.6 is 0 Å². The summed E-state index contributed by atoms with van der Waals surface area (Å²) in [5.74, 6) is -0.246. The zero-order valence-corrected chi connectivity index (χ0v) is 6.31. The van der Waals surface area contributed by atoms with Gasteiger partial charge in [0.25, 0.3) is 0 Å². The Kier molecular flexibility index (Phi) is 1.70. The quantitative estimate of drug-likeness (QED) is 0.603. The second-order valence-electron chi connectivity index (χ2n) is 2.52. The molecule has 12 heavy (non-hydrogen) atoms. The van der Waals surface area contributed by atoms with Crippen LogP contribution in [0.25, 0.3) is 0 Å². The summed E-state index contributed by atoms with van der Waals surface area (Å²) in [5, 5.41) is 0. The minimum atomic E-state index is -0.246. The van der Waals surface area contributed by atoms with Crippen LogP contribution in [0.4, 0.5) is 4.39 Å². The highest BCUT2D eigenvalue weighted by atomic mass is 19.1. The van der Waals surface area contributed by atoms with Crippen molar-refractivity contribution in [2.24, 2.45) is 9.98 Å². The summed E-state index contributed by atoms with van der Waals surface area (Å²) in [7, 11) is 0. The molecule has 2 nitrogen and oxygen atoms in total. The molecule has 0 radical (unpaired) electrons. The number of benzene rings is 1. The monoisotopic (exact) mass is 162 g/mol. The summed E-state index contributed by atoms with van der Waals surface area (Å²) in [6, 6.07) is 6.33. The average molecular weight is 162 g/mol. The number of hydrogen-bond acceptors (Lipinski definition) is 2. The van der Waals surface area contributed by atoms with E-state index in [0.717, 1.165) is 5.56 Å². The zero-order valence-electron chi connectivity index (χ0n) is 6.31. The molecule has 0 saturated heterocycles. The van der Waals surface area contributed by atoms with E-state index >= 15 is 0 Å². The van der Waals surface area contributed by atoms with Gasteiger partial charge < -0.3 is 0 Å². The average Bonchev–Trinajstić information content (AvgIpc) is 2.56. The molecule has 1 aliphatic rings. The lowest BCUT2D eigenvalue weighted by Crippen LogP contribution is -1.88. The predicted octanol–water partition coefficient (Wildman–Crippen LogP) is 1.98. The maximum atomic E-state index is 12.7. The molecule has 1 heterocycles. The first-order chi connectivity index (χ1) is 5.86. The van der Waals surface area contributed by atoms with Crippen LogP contribution < -0.4 is 0 Å². The lowest BCUT2D eigenvalue weighted by atomic mass is 10.2. The molecule has 0 N–H and O–H groups in total. The third kappa shape index (κ3) is 1.25. The largest absolute Gasteiger partial charge is 0.260 e. The van der Waals surface area contributed by atoms with Crippen LogP contribution in [0.3, 0.4) is 0 Å². The summed E-state index contributed by atoms with van der Waals surface area (Å²) in [6.45, 7) is 0. The molecule has 1 aliphatic heterocycles. The standard InChI is InChI=1S/C9H7FN2/c10-8-3-1-2-7(6-8)9-11-4-5-12-9/h1-6,9H.